The molecule has 1 fully saturated rings. The highest BCUT2D eigenvalue weighted by Gasteiger charge is 2.29. The number of alkyl halides is 5. The van der Waals surface area contributed by atoms with Gasteiger partial charge in [0, 0.05) is 31.7 Å². The third-order valence-electron chi connectivity index (χ3n) is 6.09. The second kappa shape index (κ2) is 12.7. The third-order valence-corrected chi connectivity index (χ3v) is 6.09. The molecule has 1 aliphatic heterocycles. The molecule has 1 amide bonds. The fourth-order valence-electron chi connectivity index (χ4n) is 4.10. The average Bonchev–Trinajstić information content (AvgIpc) is 2.86. The van der Waals surface area contributed by atoms with Crippen molar-refractivity contribution >= 4 is 23.0 Å². The van der Waals surface area contributed by atoms with Crippen molar-refractivity contribution in [3.8, 4) is 0 Å². The number of nitrogens with one attached hydrogen (secondary N) is 2. The van der Waals surface area contributed by atoms with Gasteiger partial charge in [0.1, 0.15) is 12.8 Å². The van der Waals surface area contributed by atoms with Crippen LogP contribution in [0.15, 0.2) is 42.5 Å². The second-order valence-corrected chi connectivity index (χ2v) is 8.87. The van der Waals surface area contributed by atoms with E-state index in [1.165, 1.54) is 12.1 Å². The molecule has 4 nitrogen and oxygen atoms in total. The van der Waals surface area contributed by atoms with Gasteiger partial charge in [-0.15, -0.1) is 0 Å². The normalized spacial score (nSPS) is 15.1. The highest BCUT2D eigenvalue weighted by atomic mass is 19.4. The lowest BCUT2D eigenvalue weighted by molar-refractivity contribution is -0.137. The summed E-state index contributed by atoms with van der Waals surface area (Å²) >= 11 is 0. The molecule has 192 valence electrons. The molecule has 1 saturated heterocycles. The Balaban J connectivity index is 1.64. The van der Waals surface area contributed by atoms with E-state index in [0.717, 1.165) is 61.4 Å². The third kappa shape index (κ3) is 8.40. The van der Waals surface area contributed by atoms with Crippen LogP contribution in [0, 0.1) is 0 Å². The van der Waals surface area contributed by atoms with Crippen molar-refractivity contribution in [1.29, 1.82) is 0 Å². The van der Waals surface area contributed by atoms with Gasteiger partial charge in [-0.25, -0.2) is 8.78 Å². The molecule has 1 heterocycles. The minimum atomic E-state index is -4.36. The Hall–Kier alpha value is -2.84. The van der Waals surface area contributed by atoms with Crippen molar-refractivity contribution in [2.75, 3.05) is 35.3 Å². The minimum absolute atomic E-state index is 0.113. The van der Waals surface area contributed by atoms with Gasteiger partial charge in [-0.3, -0.25) is 4.79 Å². The summed E-state index contributed by atoms with van der Waals surface area (Å²) in [7, 11) is 0. The molecule has 2 aromatic rings. The molecule has 0 spiro atoms. The van der Waals surface area contributed by atoms with Crippen LogP contribution in [0.4, 0.5) is 39.0 Å². The van der Waals surface area contributed by atoms with Crippen molar-refractivity contribution < 1.29 is 26.7 Å². The van der Waals surface area contributed by atoms with E-state index >= 15 is 0 Å². The van der Waals surface area contributed by atoms with Gasteiger partial charge in [0.2, 0.25) is 5.91 Å². The summed E-state index contributed by atoms with van der Waals surface area (Å²) in [6.07, 6.45) is -1.30. The first-order valence-corrected chi connectivity index (χ1v) is 12.0. The SMILES string of the molecule is O=C(CCCC[C@H](F)CF)Nc1ccc(NCc2ccc(C(F)(F)F)cc2)cc1N1CCCCC1. The van der Waals surface area contributed by atoms with Crippen LogP contribution < -0.4 is 15.5 Å². The van der Waals surface area contributed by atoms with Crippen LogP contribution >= 0.6 is 0 Å². The molecule has 0 unspecified atom stereocenters. The maximum Gasteiger partial charge on any atom is 0.416 e. The van der Waals surface area contributed by atoms with Crippen molar-refractivity contribution in [2.24, 2.45) is 0 Å². The maximum atomic E-state index is 13.0. The van der Waals surface area contributed by atoms with Crippen LogP contribution in [0.1, 0.15) is 56.1 Å². The highest BCUT2D eigenvalue weighted by molar-refractivity contribution is 5.95. The van der Waals surface area contributed by atoms with Gasteiger partial charge in [0.25, 0.3) is 0 Å². The fraction of sp³-hybridized carbons (Fsp3) is 0.500. The number of carbonyl (C=O) groups excluding carboxylic acids is 1. The number of nitrogens with zero attached hydrogens (tertiary/aromatic N) is 1. The summed E-state index contributed by atoms with van der Waals surface area (Å²) in [5.41, 5.74) is 2.41. The first-order valence-electron chi connectivity index (χ1n) is 12.0. The molecule has 0 radical (unpaired) electrons. The van der Waals surface area contributed by atoms with Gasteiger partial charge in [0.05, 0.1) is 16.9 Å². The van der Waals surface area contributed by atoms with Gasteiger partial charge < -0.3 is 15.5 Å². The number of anilines is 3. The standard InChI is InChI=1S/C26H32F5N3O/c27-17-21(28)6-2-3-7-25(35)33-23-13-12-22(16-24(23)34-14-4-1-5-15-34)32-18-19-8-10-20(11-9-19)26(29,30)31/h8-13,16,21,32H,1-7,14-15,17-18H2,(H,33,35)/t21-/m0/s1. The van der Waals surface area contributed by atoms with E-state index < -0.39 is 24.6 Å². The van der Waals surface area contributed by atoms with Crippen molar-refractivity contribution in [3.05, 3.63) is 53.6 Å². The lowest BCUT2D eigenvalue weighted by atomic mass is 10.1. The molecule has 1 aliphatic rings. The van der Waals surface area contributed by atoms with Crippen molar-refractivity contribution in [3.63, 3.8) is 0 Å². The number of hydrogen-bond acceptors (Lipinski definition) is 3. The van der Waals surface area contributed by atoms with E-state index in [9.17, 15) is 26.7 Å². The van der Waals surface area contributed by atoms with E-state index in [1.54, 1.807) is 0 Å². The zero-order valence-electron chi connectivity index (χ0n) is 19.6. The summed E-state index contributed by atoms with van der Waals surface area (Å²) in [6.45, 7) is 1.10. The Morgan fingerprint density at radius 3 is 2.37 bits per heavy atom. The Labute approximate surface area is 202 Å². The number of piperidine rings is 1. The van der Waals surface area contributed by atoms with E-state index in [1.807, 2.05) is 18.2 Å². The lowest BCUT2D eigenvalue weighted by Gasteiger charge is -2.31. The molecule has 2 aromatic carbocycles. The van der Waals surface area contributed by atoms with Crippen LogP contribution in [-0.2, 0) is 17.5 Å². The summed E-state index contributed by atoms with van der Waals surface area (Å²) in [5.74, 6) is -0.177. The van der Waals surface area contributed by atoms with Crippen LogP contribution in [0.5, 0.6) is 0 Å². The van der Waals surface area contributed by atoms with Gasteiger partial charge in [-0.05, 0) is 74.4 Å². The Morgan fingerprint density at radius 2 is 1.71 bits per heavy atom. The fourth-order valence-corrected chi connectivity index (χ4v) is 4.10. The molecule has 3 rings (SSSR count). The molecule has 1 atom stereocenters. The van der Waals surface area contributed by atoms with Gasteiger partial charge in [-0.1, -0.05) is 12.1 Å². The molecule has 9 heteroatoms. The van der Waals surface area contributed by atoms with Crippen molar-refractivity contribution in [1.82, 2.24) is 0 Å². The van der Waals surface area contributed by atoms with Gasteiger partial charge >= 0.3 is 6.18 Å². The molecule has 2 N–H and O–H groups in total. The molecular formula is C26H32F5N3O. The number of halogens is 5. The van der Waals surface area contributed by atoms with Crippen LogP contribution in [-0.4, -0.2) is 31.8 Å². The smallest absolute Gasteiger partial charge is 0.381 e. The number of carbonyl (C=O) groups is 1. The Bertz CT molecular complexity index is 943. The quantitative estimate of drug-likeness (QED) is 0.257. The monoisotopic (exact) mass is 497 g/mol. The average molecular weight is 498 g/mol. The molecule has 0 aromatic heterocycles. The molecular weight excluding hydrogens is 465 g/mol. The summed E-state index contributed by atoms with van der Waals surface area (Å²) in [5, 5.41) is 6.20. The first kappa shape index (κ1) is 26.8. The Kier molecular flexibility index (Phi) is 9.74. The van der Waals surface area contributed by atoms with Crippen LogP contribution in [0.3, 0.4) is 0 Å². The predicted octanol–water partition coefficient (Wildman–Crippen LogP) is 7.11. The van der Waals surface area contributed by atoms with Crippen LogP contribution in [0.2, 0.25) is 0 Å². The summed E-state index contributed by atoms with van der Waals surface area (Å²) in [6, 6.07) is 10.6. The topological polar surface area (TPSA) is 44.4 Å². The maximum absolute atomic E-state index is 13.0. The minimum Gasteiger partial charge on any atom is -0.381 e. The largest absolute Gasteiger partial charge is 0.416 e. The second-order valence-electron chi connectivity index (χ2n) is 8.87. The number of amides is 1. The van der Waals surface area contributed by atoms with Gasteiger partial charge in [-0.2, -0.15) is 13.2 Å². The molecule has 35 heavy (non-hydrogen) atoms. The molecule has 0 aliphatic carbocycles. The Morgan fingerprint density at radius 1 is 1.00 bits per heavy atom. The highest BCUT2D eigenvalue weighted by Crippen LogP contribution is 2.33. The van der Waals surface area contributed by atoms with E-state index in [-0.39, 0.29) is 18.7 Å². The lowest BCUT2D eigenvalue weighted by Crippen LogP contribution is -2.30. The zero-order chi connectivity index (χ0) is 25.3. The van der Waals surface area contributed by atoms with E-state index in [4.69, 9.17) is 0 Å². The van der Waals surface area contributed by atoms with Crippen molar-refractivity contribution in [2.45, 2.75) is 63.8 Å². The molecule has 0 saturated carbocycles. The van der Waals surface area contributed by atoms with E-state index in [2.05, 4.69) is 15.5 Å². The summed E-state index contributed by atoms with van der Waals surface area (Å²) in [4.78, 5) is 14.7. The van der Waals surface area contributed by atoms with E-state index in [0.29, 0.717) is 25.1 Å². The van der Waals surface area contributed by atoms with Gasteiger partial charge in [0.15, 0.2) is 0 Å². The zero-order valence-corrected chi connectivity index (χ0v) is 19.6. The summed E-state index contributed by atoms with van der Waals surface area (Å²) < 4.78 is 63.5. The first-order chi connectivity index (χ1) is 16.8. The number of hydrogen-bond donors (Lipinski definition) is 2. The number of unbranched alkanes of at least 4 members (excludes halogenated alkanes) is 1. The molecule has 0 bridgehead atoms. The number of rotatable bonds is 11. The number of benzene rings is 2. The predicted molar refractivity (Wildman–Crippen MR) is 129 cm³/mol. The van der Waals surface area contributed by atoms with Crippen LogP contribution in [0.25, 0.3) is 0 Å².